The Labute approximate surface area is 106 Å². The van der Waals surface area contributed by atoms with Crippen molar-refractivity contribution in [3.63, 3.8) is 0 Å². The first-order valence-corrected chi connectivity index (χ1v) is 5.69. The molecule has 94 valence electrons. The molecule has 1 aromatic carbocycles. The van der Waals surface area contributed by atoms with Gasteiger partial charge in [0.15, 0.2) is 0 Å². The molecule has 1 atom stereocenters. The van der Waals surface area contributed by atoms with E-state index < -0.39 is 12.7 Å². The Hall–Kier alpha value is -1.55. The fraction of sp³-hybridized carbons (Fsp3) is 0.417. The standard InChI is InChI=1S/C12H15BN2O3/c1-8-10(17-7-12(2,15)6-14)4-3-9-5-18-13(16)11(8)9/h3-4,16H,5,7,15H2,1-2H3. The predicted molar refractivity (Wildman–Crippen MR) is 67.3 cm³/mol. The molecular formula is C12H15BN2O3. The second-order valence-corrected chi connectivity index (χ2v) is 4.74. The van der Waals surface area contributed by atoms with E-state index in [1.54, 1.807) is 6.92 Å². The van der Waals surface area contributed by atoms with E-state index in [9.17, 15) is 5.02 Å². The molecule has 0 radical (unpaired) electrons. The first-order chi connectivity index (χ1) is 8.44. The van der Waals surface area contributed by atoms with Crippen LogP contribution >= 0.6 is 0 Å². The second-order valence-electron chi connectivity index (χ2n) is 4.74. The van der Waals surface area contributed by atoms with E-state index in [1.807, 2.05) is 25.1 Å². The van der Waals surface area contributed by atoms with Gasteiger partial charge in [-0.1, -0.05) is 6.07 Å². The van der Waals surface area contributed by atoms with Gasteiger partial charge in [-0.05, 0) is 36.5 Å². The topological polar surface area (TPSA) is 88.5 Å². The van der Waals surface area contributed by atoms with Crippen LogP contribution in [0.25, 0.3) is 0 Å². The van der Waals surface area contributed by atoms with Crippen molar-refractivity contribution in [3.8, 4) is 11.8 Å². The zero-order valence-electron chi connectivity index (χ0n) is 10.4. The highest BCUT2D eigenvalue weighted by Gasteiger charge is 2.30. The van der Waals surface area contributed by atoms with Gasteiger partial charge in [0.2, 0.25) is 0 Å². The normalized spacial score (nSPS) is 16.9. The van der Waals surface area contributed by atoms with E-state index >= 15 is 0 Å². The third kappa shape index (κ3) is 2.34. The van der Waals surface area contributed by atoms with E-state index in [1.165, 1.54) is 0 Å². The van der Waals surface area contributed by atoms with Crippen LogP contribution in [0.1, 0.15) is 18.1 Å². The van der Waals surface area contributed by atoms with Crippen molar-refractivity contribution in [2.24, 2.45) is 5.73 Å². The lowest BCUT2D eigenvalue weighted by atomic mass is 9.76. The number of nitriles is 1. The minimum Gasteiger partial charge on any atom is -0.490 e. The molecule has 3 N–H and O–H groups in total. The molecule has 2 rings (SSSR count). The highest BCUT2D eigenvalue weighted by atomic mass is 16.5. The Morgan fingerprint density at radius 2 is 2.39 bits per heavy atom. The number of hydrogen-bond donors (Lipinski definition) is 2. The molecule has 0 aliphatic carbocycles. The van der Waals surface area contributed by atoms with Crippen LogP contribution in [0.4, 0.5) is 0 Å². The van der Waals surface area contributed by atoms with E-state index in [4.69, 9.17) is 20.4 Å². The number of hydrogen-bond acceptors (Lipinski definition) is 5. The van der Waals surface area contributed by atoms with Crippen LogP contribution in [0, 0.1) is 18.3 Å². The van der Waals surface area contributed by atoms with Crippen LogP contribution in [0.5, 0.6) is 5.75 Å². The molecule has 0 saturated heterocycles. The molecule has 0 fully saturated rings. The Morgan fingerprint density at radius 1 is 1.67 bits per heavy atom. The Balaban J connectivity index is 2.22. The highest BCUT2D eigenvalue weighted by molar-refractivity contribution is 6.62. The number of ether oxygens (including phenoxy) is 1. The van der Waals surface area contributed by atoms with E-state index in [0.717, 1.165) is 16.6 Å². The number of rotatable bonds is 3. The molecule has 1 aromatic rings. The summed E-state index contributed by atoms with van der Waals surface area (Å²) in [6, 6.07) is 5.63. The summed E-state index contributed by atoms with van der Waals surface area (Å²) in [5.74, 6) is 0.616. The van der Waals surface area contributed by atoms with Crippen LogP contribution in [0.3, 0.4) is 0 Å². The lowest BCUT2D eigenvalue weighted by molar-refractivity contribution is 0.263. The molecule has 1 heterocycles. The van der Waals surface area contributed by atoms with Crippen LogP contribution in [0.2, 0.25) is 0 Å². The maximum atomic E-state index is 9.71. The molecular weight excluding hydrogens is 231 g/mol. The van der Waals surface area contributed by atoms with E-state index in [0.29, 0.717) is 12.4 Å². The number of benzene rings is 1. The van der Waals surface area contributed by atoms with Crippen LogP contribution in [-0.2, 0) is 11.3 Å². The van der Waals surface area contributed by atoms with Crippen molar-refractivity contribution >= 4 is 12.6 Å². The van der Waals surface area contributed by atoms with Crippen LogP contribution < -0.4 is 15.9 Å². The molecule has 0 saturated carbocycles. The van der Waals surface area contributed by atoms with Crippen molar-refractivity contribution in [1.82, 2.24) is 0 Å². The lowest BCUT2D eigenvalue weighted by Gasteiger charge is -2.18. The van der Waals surface area contributed by atoms with Gasteiger partial charge in [0.05, 0.1) is 12.7 Å². The Kier molecular flexibility index (Phi) is 3.31. The molecule has 0 spiro atoms. The van der Waals surface area contributed by atoms with Crippen molar-refractivity contribution in [2.75, 3.05) is 6.61 Å². The summed E-state index contributed by atoms with van der Waals surface area (Å²) in [5, 5.41) is 18.5. The first kappa shape index (κ1) is 12.9. The number of fused-ring (bicyclic) bond motifs is 1. The summed E-state index contributed by atoms with van der Waals surface area (Å²) < 4.78 is 10.7. The number of nitrogens with zero attached hydrogens (tertiary/aromatic N) is 1. The predicted octanol–water partition coefficient (Wildman–Crippen LogP) is -0.168. The third-order valence-electron chi connectivity index (χ3n) is 2.98. The number of nitrogens with two attached hydrogens (primary N) is 1. The second kappa shape index (κ2) is 4.61. The van der Waals surface area contributed by atoms with Crippen molar-refractivity contribution in [2.45, 2.75) is 26.0 Å². The summed E-state index contributed by atoms with van der Waals surface area (Å²) in [5.41, 5.74) is 7.21. The van der Waals surface area contributed by atoms with Crippen LogP contribution in [-0.4, -0.2) is 24.3 Å². The van der Waals surface area contributed by atoms with Crippen molar-refractivity contribution < 1.29 is 14.4 Å². The maximum absolute atomic E-state index is 9.71. The molecule has 1 unspecified atom stereocenters. The van der Waals surface area contributed by atoms with Gasteiger partial charge in [-0.2, -0.15) is 5.26 Å². The zero-order chi connectivity index (χ0) is 13.3. The summed E-state index contributed by atoms with van der Waals surface area (Å²) in [7, 11) is -0.899. The van der Waals surface area contributed by atoms with Gasteiger partial charge < -0.3 is 20.1 Å². The smallest absolute Gasteiger partial charge is 0.490 e. The zero-order valence-corrected chi connectivity index (χ0v) is 10.4. The van der Waals surface area contributed by atoms with Crippen molar-refractivity contribution in [1.29, 1.82) is 5.26 Å². The average molecular weight is 246 g/mol. The molecule has 1 aliphatic rings. The average Bonchev–Trinajstić information content (AvgIpc) is 2.71. The lowest BCUT2D eigenvalue weighted by Crippen LogP contribution is -2.41. The van der Waals surface area contributed by atoms with E-state index in [-0.39, 0.29) is 6.61 Å². The molecule has 6 heteroatoms. The monoisotopic (exact) mass is 246 g/mol. The molecule has 5 nitrogen and oxygen atoms in total. The minimum absolute atomic E-state index is 0.0973. The SMILES string of the molecule is Cc1c(OCC(C)(N)C#N)ccc2c1B(O)OC2. The Morgan fingerprint density at radius 3 is 3.06 bits per heavy atom. The van der Waals surface area contributed by atoms with E-state index in [2.05, 4.69) is 0 Å². The summed E-state index contributed by atoms with van der Waals surface area (Å²) in [6.45, 7) is 3.96. The third-order valence-corrected chi connectivity index (χ3v) is 2.98. The summed E-state index contributed by atoms with van der Waals surface area (Å²) in [4.78, 5) is 0. The Bertz CT molecular complexity index is 511. The van der Waals surface area contributed by atoms with Crippen LogP contribution in [0.15, 0.2) is 12.1 Å². The van der Waals surface area contributed by atoms with Gasteiger partial charge in [0.25, 0.3) is 0 Å². The quantitative estimate of drug-likeness (QED) is 0.723. The minimum atomic E-state index is -1.03. The molecule has 18 heavy (non-hydrogen) atoms. The molecule has 0 bridgehead atoms. The van der Waals surface area contributed by atoms with Gasteiger partial charge in [-0.15, -0.1) is 0 Å². The fourth-order valence-corrected chi connectivity index (χ4v) is 1.90. The highest BCUT2D eigenvalue weighted by Crippen LogP contribution is 2.22. The van der Waals surface area contributed by atoms with Crippen molar-refractivity contribution in [3.05, 3.63) is 23.3 Å². The van der Waals surface area contributed by atoms with Gasteiger partial charge in [0, 0.05) is 0 Å². The van der Waals surface area contributed by atoms with Gasteiger partial charge in [-0.25, -0.2) is 0 Å². The summed E-state index contributed by atoms with van der Waals surface area (Å²) in [6.07, 6.45) is 0. The molecule has 0 amide bonds. The molecule has 0 aromatic heterocycles. The van der Waals surface area contributed by atoms with Gasteiger partial charge >= 0.3 is 7.12 Å². The first-order valence-electron chi connectivity index (χ1n) is 5.69. The fourth-order valence-electron chi connectivity index (χ4n) is 1.90. The van der Waals surface area contributed by atoms with Gasteiger partial charge in [-0.3, -0.25) is 0 Å². The van der Waals surface area contributed by atoms with Gasteiger partial charge in [0.1, 0.15) is 17.9 Å². The largest absolute Gasteiger partial charge is 0.492 e. The maximum Gasteiger partial charge on any atom is 0.492 e. The molecule has 1 aliphatic heterocycles. The summed E-state index contributed by atoms with van der Waals surface area (Å²) >= 11 is 0.